The van der Waals surface area contributed by atoms with Crippen LogP contribution in [0, 0.1) is 11.8 Å². The standard InChI is InChI=1S/C14H21N2O2S/c1-5-6-11-16(2,3)12-13-7-9-14(10-8-13)15-19(4,17)18/h7-10,15H,11-12H2,1-4H3/q+1. The van der Waals surface area contributed by atoms with E-state index in [0.717, 1.165) is 29.4 Å². The third-order valence-electron chi connectivity index (χ3n) is 2.55. The highest BCUT2D eigenvalue weighted by Gasteiger charge is 2.14. The lowest BCUT2D eigenvalue weighted by Crippen LogP contribution is -2.38. The minimum Gasteiger partial charge on any atom is -0.315 e. The number of hydrogen-bond acceptors (Lipinski definition) is 2. The van der Waals surface area contributed by atoms with Crippen molar-refractivity contribution in [1.29, 1.82) is 0 Å². The van der Waals surface area contributed by atoms with Gasteiger partial charge in [0.15, 0.2) is 0 Å². The van der Waals surface area contributed by atoms with E-state index in [1.807, 2.05) is 19.1 Å². The number of nitrogens with zero attached hydrogens (tertiary/aromatic N) is 1. The second-order valence-electron chi connectivity index (χ2n) is 5.25. The Morgan fingerprint density at radius 3 is 2.26 bits per heavy atom. The first-order valence-corrected chi connectivity index (χ1v) is 7.89. The molecule has 0 heterocycles. The van der Waals surface area contributed by atoms with Gasteiger partial charge in [-0.05, 0) is 25.0 Å². The van der Waals surface area contributed by atoms with Gasteiger partial charge in [0.05, 0.1) is 20.4 Å². The zero-order valence-corrected chi connectivity index (χ0v) is 12.7. The van der Waals surface area contributed by atoms with Crippen molar-refractivity contribution in [2.24, 2.45) is 0 Å². The van der Waals surface area contributed by atoms with E-state index >= 15 is 0 Å². The third-order valence-corrected chi connectivity index (χ3v) is 3.16. The Morgan fingerprint density at radius 1 is 1.21 bits per heavy atom. The van der Waals surface area contributed by atoms with Crippen LogP contribution >= 0.6 is 0 Å². The van der Waals surface area contributed by atoms with Gasteiger partial charge in [-0.3, -0.25) is 4.72 Å². The molecule has 4 nitrogen and oxygen atoms in total. The first-order valence-electron chi connectivity index (χ1n) is 6.00. The van der Waals surface area contributed by atoms with E-state index in [2.05, 4.69) is 30.7 Å². The zero-order chi connectivity index (χ0) is 14.5. The molecular formula is C14H21N2O2S+. The molecular weight excluding hydrogens is 260 g/mol. The molecule has 1 N–H and O–H groups in total. The fraction of sp³-hybridized carbons (Fsp3) is 0.429. The summed E-state index contributed by atoms with van der Waals surface area (Å²) in [5, 5.41) is 0. The lowest BCUT2D eigenvalue weighted by molar-refractivity contribution is -0.896. The second-order valence-corrected chi connectivity index (χ2v) is 7.00. The van der Waals surface area contributed by atoms with Gasteiger partial charge in [-0.15, -0.1) is 5.92 Å². The SMILES string of the molecule is CC#CC[N+](C)(C)Cc1ccc(NS(C)(=O)=O)cc1. The van der Waals surface area contributed by atoms with Crippen molar-refractivity contribution >= 4 is 15.7 Å². The van der Waals surface area contributed by atoms with Crippen molar-refractivity contribution in [3.05, 3.63) is 29.8 Å². The second kappa shape index (κ2) is 6.09. The van der Waals surface area contributed by atoms with E-state index in [1.165, 1.54) is 0 Å². The Morgan fingerprint density at radius 2 is 1.79 bits per heavy atom. The molecule has 0 radical (unpaired) electrons. The van der Waals surface area contributed by atoms with Crippen molar-refractivity contribution in [2.45, 2.75) is 13.5 Å². The van der Waals surface area contributed by atoms with Crippen LogP contribution in [0.25, 0.3) is 0 Å². The maximum Gasteiger partial charge on any atom is 0.229 e. The van der Waals surface area contributed by atoms with Crippen LogP contribution < -0.4 is 4.72 Å². The highest BCUT2D eigenvalue weighted by atomic mass is 32.2. The van der Waals surface area contributed by atoms with Crippen LogP contribution in [0.1, 0.15) is 12.5 Å². The molecule has 0 aliphatic heterocycles. The summed E-state index contributed by atoms with van der Waals surface area (Å²) in [6, 6.07) is 7.43. The van der Waals surface area contributed by atoms with Gasteiger partial charge in [0.25, 0.3) is 0 Å². The van der Waals surface area contributed by atoms with E-state index in [4.69, 9.17) is 0 Å². The summed E-state index contributed by atoms with van der Waals surface area (Å²) in [6.45, 7) is 3.49. The molecule has 104 valence electrons. The summed E-state index contributed by atoms with van der Waals surface area (Å²) >= 11 is 0. The Balaban J connectivity index is 2.73. The summed E-state index contributed by atoms with van der Waals surface area (Å²) in [5.41, 5.74) is 1.74. The van der Waals surface area contributed by atoms with Crippen LogP contribution in [0.3, 0.4) is 0 Å². The number of hydrogen-bond donors (Lipinski definition) is 1. The predicted molar refractivity (Wildman–Crippen MR) is 79.0 cm³/mol. The number of quaternary nitrogens is 1. The molecule has 0 fully saturated rings. The molecule has 1 rings (SSSR count). The Bertz CT molecular complexity index is 578. The van der Waals surface area contributed by atoms with Crippen LogP contribution in [0.4, 0.5) is 5.69 Å². The molecule has 0 saturated carbocycles. The molecule has 0 atom stereocenters. The lowest BCUT2D eigenvalue weighted by atomic mass is 10.2. The smallest absolute Gasteiger partial charge is 0.229 e. The van der Waals surface area contributed by atoms with Crippen LogP contribution in [0.5, 0.6) is 0 Å². The van der Waals surface area contributed by atoms with Gasteiger partial charge in [-0.25, -0.2) is 8.42 Å². The molecule has 19 heavy (non-hydrogen) atoms. The molecule has 0 aromatic heterocycles. The van der Waals surface area contributed by atoms with E-state index in [1.54, 1.807) is 12.1 Å². The molecule has 5 heteroatoms. The molecule has 0 bridgehead atoms. The first kappa shape index (κ1) is 15.5. The van der Waals surface area contributed by atoms with Crippen LogP contribution in [-0.2, 0) is 16.6 Å². The minimum atomic E-state index is -3.21. The van der Waals surface area contributed by atoms with Crippen molar-refractivity contribution in [1.82, 2.24) is 0 Å². The summed E-state index contributed by atoms with van der Waals surface area (Å²) in [5.74, 6) is 5.98. The largest absolute Gasteiger partial charge is 0.315 e. The topological polar surface area (TPSA) is 46.2 Å². The molecule has 0 aliphatic carbocycles. The average Bonchev–Trinajstić information content (AvgIpc) is 2.27. The normalized spacial score (nSPS) is 11.6. The van der Waals surface area contributed by atoms with Gasteiger partial charge in [0.2, 0.25) is 10.0 Å². The monoisotopic (exact) mass is 281 g/mol. The number of sulfonamides is 1. The number of benzene rings is 1. The molecule has 1 aromatic carbocycles. The van der Waals surface area contributed by atoms with Crippen molar-refractivity contribution < 1.29 is 12.9 Å². The Labute approximate surface area is 116 Å². The molecule has 0 unspecified atom stereocenters. The first-order chi connectivity index (χ1) is 8.72. The fourth-order valence-electron chi connectivity index (χ4n) is 1.74. The van der Waals surface area contributed by atoms with Gasteiger partial charge in [0, 0.05) is 11.3 Å². The highest BCUT2D eigenvalue weighted by Crippen LogP contribution is 2.14. The maximum absolute atomic E-state index is 11.1. The van der Waals surface area contributed by atoms with Gasteiger partial charge < -0.3 is 4.48 Å². The summed E-state index contributed by atoms with van der Waals surface area (Å²) in [4.78, 5) is 0. The van der Waals surface area contributed by atoms with Crippen LogP contribution in [-0.4, -0.2) is 39.8 Å². The van der Waals surface area contributed by atoms with Crippen LogP contribution in [0.2, 0.25) is 0 Å². The van der Waals surface area contributed by atoms with E-state index in [9.17, 15) is 8.42 Å². The zero-order valence-electron chi connectivity index (χ0n) is 11.9. The molecule has 0 aliphatic rings. The van der Waals surface area contributed by atoms with Gasteiger partial charge in [-0.1, -0.05) is 12.1 Å². The summed E-state index contributed by atoms with van der Waals surface area (Å²) in [6.07, 6.45) is 1.14. The molecule has 0 saturated heterocycles. The minimum absolute atomic E-state index is 0.588. The lowest BCUT2D eigenvalue weighted by Gasteiger charge is -2.27. The maximum atomic E-state index is 11.1. The van der Waals surface area contributed by atoms with E-state index in [-0.39, 0.29) is 0 Å². The summed E-state index contributed by atoms with van der Waals surface area (Å²) < 4.78 is 25.4. The number of anilines is 1. The summed E-state index contributed by atoms with van der Waals surface area (Å²) in [7, 11) is 1.03. The number of nitrogens with one attached hydrogen (secondary N) is 1. The number of rotatable bonds is 5. The van der Waals surface area contributed by atoms with Crippen LogP contribution in [0.15, 0.2) is 24.3 Å². The average molecular weight is 281 g/mol. The van der Waals surface area contributed by atoms with E-state index in [0.29, 0.717) is 5.69 Å². The van der Waals surface area contributed by atoms with Crippen molar-refractivity contribution in [3.63, 3.8) is 0 Å². The molecule has 1 aromatic rings. The Kier molecular flexibility index (Phi) is 4.98. The van der Waals surface area contributed by atoms with Gasteiger partial charge in [-0.2, -0.15) is 0 Å². The molecule has 0 spiro atoms. The third kappa shape index (κ3) is 6.27. The van der Waals surface area contributed by atoms with Gasteiger partial charge >= 0.3 is 0 Å². The quantitative estimate of drug-likeness (QED) is 0.659. The molecule has 0 amide bonds. The highest BCUT2D eigenvalue weighted by molar-refractivity contribution is 7.92. The predicted octanol–water partition coefficient (Wildman–Crippen LogP) is 1.66. The fourth-order valence-corrected chi connectivity index (χ4v) is 2.30. The van der Waals surface area contributed by atoms with E-state index < -0.39 is 10.0 Å². The van der Waals surface area contributed by atoms with Crippen molar-refractivity contribution in [2.75, 3.05) is 31.6 Å². The van der Waals surface area contributed by atoms with Crippen molar-refractivity contribution in [3.8, 4) is 11.8 Å². The van der Waals surface area contributed by atoms with Gasteiger partial charge in [0.1, 0.15) is 13.1 Å². The Hall–Kier alpha value is -1.51.